The molecular formula is C19H18N4O5S. The molecule has 1 aliphatic heterocycles. The van der Waals surface area contributed by atoms with Gasteiger partial charge in [-0.05, 0) is 42.5 Å². The van der Waals surface area contributed by atoms with E-state index in [4.69, 9.17) is 4.42 Å². The molecule has 10 heteroatoms. The first-order valence-electron chi connectivity index (χ1n) is 8.88. The lowest BCUT2D eigenvalue weighted by Gasteiger charge is -2.25. The first kappa shape index (κ1) is 19.1. The van der Waals surface area contributed by atoms with E-state index in [-0.39, 0.29) is 36.3 Å². The van der Waals surface area contributed by atoms with Crippen LogP contribution >= 0.6 is 0 Å². The maximum absolute atomic E-state index is 12.7. The molecule has 0 atom stereocenters. The van der Waals surface area contributed by atoms with Crippen molar-refractivity contribution in [3.05, 3.63) is 53.9 Å². The van der Waals surface area contributed by atoms with Gasteiger partial charge < -0.3 is 15.1 Å². The zero-order chi connectivity index (χ0) is 20.6. The Balaban J connectivity index is 1.50. The number of amides is 2. The first-order valence-corrected chi connectivity index (χ1v) is 10.3. The average molecular weight is 414 g/mol. The summed E-state index contributed by atoms with van der Waals surface area (Å²) in [4.78, 5) is 28.2. The van der Waals surface area contributed by atoms with Crippen LogP contribution in [0.25, 0.3) is 11.1 Å². The fraction of sp³-hybridized carbons (Fsp3) is 0.211. The van der Waals surface area contributed by atoms with Crippen LogP contribution in [0.5, 0.6) is 0 Å². The third-order valence-electron chi connectivity index (χ3n) is 4.51. The van der Waals surface area contributed by atoms with Gasteiger partial charge in [-0.1, -0.05) is 0 Å². The Bertz CT molecular complexity index is 1200. The summed E-state index contributed by atoms with van der Waals surface area (Å²) in [5, 5.41) is 5.34. The third-order valence-corrected chi connectivity index (χ3v) is 6.37. The Morgan fingerprint density at radius 3 is 2.69 bits per heavy atom. The molecule has 0 saturated carbocycles. The molecule has 1 aromatic heterocycles. The fourth-order valence-electron chi connectivity index (χ4n) is 3.07. The van der Waals surface area contributed by atoms with E-state index >= 15 is 0 Å². The lowest BCUT2D eigenvalue weighted by atomic mass is 10.2. The molecule has 4 rings (SSSR count). The summed E-state index contributed by atoms with van der Waals surface area (Å²) in [7, 11) is -3.80. The zero-order valence-corrected chi connectivity index (χ0v) is 16.3. The van der Waals surface area contributed by atoms with Crippen LogP contribution in [0.15, 0.2) is 51.8 Å². The maximum atomic E-state index is 12.7. The molecule has 0 radical (unpaired) electrons. The van der Waals surface area contributed by atoms with Crippen LogP contribution in [0.2, 0.25) is 0 Å². The number of anilines is 1. The maximum Gasteiger partial charge on any atom is 0.255 e. The molecule has 0 spiro atoms. The number of oxazole rings is 1. The van der Waals surface area contributed by atoms with Gasteiger partial charge in [0.15, 0.2) is 11.5 Å². The average Bonchev–Trinajstić information content (AvgIpc) is 3.07. The number of carbonyl (C=O) groups excluding carboxylic acids is 2. The number of piperazine rings is 1. The van der Waals surface area contributed by atoms with E-state index in [2.05, 4.69) is 15.6 Å². The minimum Gasteiger partial charge on any atom is -0.441 e. The van der Waals surface area contributed by atoms with Gasteiger partial charge in [-0.3, -0.25) is 9.59 Å². The number of aromatic nitrogens is 1. The summed E-state index contributed by atoms with van der Waals surface area (Å²) in [5.74, 6) is -0.188. The number of benzene rings is 2. The molecule has 3 aromatic rings. The molecule has 2 heterocycles. The topological polar surface area (TPSA) is 122 Å². The van der Waals surface area contributed by atoms with E-state index in [9.17, 15) is 18.0 Å². The molecule has 2 aromatic carbocycles. The van der Waals surface area contributed by atoms with E-state index in [1.807, 2.05) is 0 Å². The SMILES string of the molecule is Cc1nc2cc(NC(=O)c3ccc(S(=O)(=O)N4CCNC(=O)C4)cc3)ccc2o1. The van der Waals surface area contributed by atoms with Crippen LogP contribution in [0.4, 0.5) is 5.69 Å². The second-order valence-electron chi connectivity index (χ2n) is 6.58. The van der Waals surface area contributed by atoms with E-state index < -0.39 is 10.0 Å². The highest BCUT2D eigenvalue weighted by Gasteiger charge is 2.29. The molecule has 29 heavy (non-hydrogen) atoms. The lowest BCUT2D eigenvalue weighted by Crippen LogP contribution is -2.49. The van der Waals surface area contributed by atoms with Gasteiger partial charge in [0.25, 0.3) is 5.91 Å². The smallest absolute Gasteiger partial charge is 0.255 e. The van der Waals surface area contributed by atoms with Crippen LogP contribution in [0.1, 0.15) is 16.2 Å². The number of nitrogens with one attached hydrogen (secondary N) is 2. The van der Waals surface area contributed by atoms with Gasteiger partial charge in [0, 0.05) is 31.3 Å². The van der Waals surface area contributed by atoms with Crippen molar-refractivity contribution in [2.45, 2.75) is 11.8 Å². The molecule has 9 nitrogen and oxygen atoms in total. The minimum absolute atomic E-state index is 0.0308. The number of hydrogen-bond acceptors (Lipinski definition) is 6. The number of rotatable bonds is 4. The Hall–Kier alpha value is -3.24. The Kier molecular flexibility index (Phi) is 4.81. The highest BCUT2D eigenvalue weighted by atomic mass is 32.2. The number of aryl methyl sites for hydroxylation is 1. The van der Waals surface area contributed by atoms with Crippen LogP contribution < -0.4 is 10.6 Å². The normalized spacial score (nSPS) is 15.3. The fourth-order valence-corrected chi connectivity index (χ4v) is 4.47. The highest BCUT2D eigenvalue weighted by Crippen LogP contribution is 2.21. The van der Waals surface area contributed by atoms with Gasteiger partial charge >= 0.3 is 0 Å². The quantitative estimate of drug-likeness (QED) is 0.667. The van der Waals surface area contributed by atoms with Gasteiger partial charge in [0.2, 0.25) is 15.9 Å². The van der Waals surface area contributed by atoms with Gasteiger partial charge in [-0.25, -0.2) is 13.4 Å². The van der Waals surface area contributed by atoms with E-state index in [0.29, 0.717) is 28.2 Å². The van der Waals surface area contributed by atoms with Crippen molar-refractivity contribution >= 4 is 38.6 Å². The molecule has 0 unspecified atom stereocenters. The number of carbonyl (C=O) groups is 2. The van der Waals surface area contributed by atoms with Crippen LogP contribution in [-0.4, -0.2) is 49.2 Å². The molecule has 2 amide bonds. The van der Waals surface area contributed by atoms with E-state index in [1.165, 1.54) is 24.3 Å². The number of hydrogen-bond donors (Lipinski definition) is 2. The lowest BCUT2D eigenvalue weighted by molar-refractivity contribution is -0.122. The van der Waals surface area contributed by atoms with Crippen molar-refractivity contribution in [3.8, 4) is 0 Å². The van der Waals surface area contributed by atoms with Crippen LogP contribution in [0, 0.1) is 6.92 Å². The third kappa shape index (κ3) is 3.84. The van der Waals surface area contributed by atoms with Crippen molar-refractivity contribution in [2.24, 2.45) is 0 Å². The molecular weight excluding hydrogens is 396 g/mol. The highest BCUT2D eigenvalue weighted by molar-refractivity contribution is 7.89. The Morgan fingerprint density at radius 2 is 1.97 bits per heavy atom. The summed E-state index contributed by atoms with van der Waals surface area (Å²) in [6.07, 6.45) is 0. The summed E-state index contributed by atoms with van der Waals surface area (Å²) in [6, 6.07) is 10.7. The molecule has 2 N–H and O–H groups in total. The van der Waals surface area contributed by atoms with Crippen molar-refractivity contribution < 1.29 is 22.4 Å². The predicted octanol–water partition coefficient (Wildman–Crippen LogP) is 1.51. The summed E-state index contributed by atoms with van der Waals surface area (Å²) < 4.78 is 31.8. The second kappa shape index (κ2) is 7.30. The summed E-state index contributed by atoms with van der Waals surface area (Å²) in [6.45, 7) is 2.01. The van der Waals surface area contributed by atoms with Crippen LogP contribution in [-0.2, 0) is 14.8 Å². The molecule has 0 bridgehead atoms. The largest absolute Gasteiger partial charge is 0.441 e. The molecule has 1 fully saturated rings. The number of nitrogens with zero attached hydrogens (tertiary/aromatic N) is 2. The first-order chi connectivity index (χ1) is 13.8. The molecule has 1 aliphatic rings. The van der Waals surface area contributed by atoms with Crippen molar-refractivity contribution in [1.29, 1.82) is 0 Å². The summed E-state index contributed by atoms with van der Waals surface area (Å²) in [5.41, 5.74) is 2.11. The van der Waals surface area contributed by atoms with E-state index in [1.54, 1.807) is 25.1 Å². The monoisotopic (exact) mass is 414 g/mol. The standard InChI is InChI=1S/C19H18N4O5S/c1-12-21-16-10-14(4-7-17(16)28-12)22-19(25)13-2-5-15(6-3-13)29(26,27)23-9-8-20-18(24)11-23/h2-7,10H,8-9,11H2,1H3,(H,20,24)(H,22,25). The number of fused-ring (bicyclic) bond motifs is 1. The summed E-state index contributed by atoms with van der Waals surface area (Å²) >= 11 is 0. The number of sulfonamides is 1. The van der Waals surface area contributed by atoms with E-state index in [0.717, 1.165) is 4.31 Å². The van der Waals surface area contributed by atoms with Gasteiger partial charge in [0.05, 0.1) is 11.4 Å². The predicted molar refractivity (Wildman–Crippen MR) is 105 cm³/mol. The zero-order valence-electron chi connectivity index (χ0n) is 15.5. The van der Waals surface area contributed by atoms with Crippen molar-refractivity contribution in [2.75, 3.05) is 25.0 Å². The van der Waals surface area contributed by atoms with Crippen molar-refractivity contribution in [1.82, 2.24) is 14.6 Å². The Morgan fingerprint density at radius 1 is 1.21 bits per heavy atom. The molecule has 0 aliphatic carbocycles. The second-order valence-corrected chi connectivity index (χ2v) is 8.52. The van der Waals surface area contributed by atoms with Gasteiger partial charge in [-0.15, -0.1) is 0 Å². The van der Waals surface area contributed by atoms with Crippen LogP contribution in [0.3, 0.4) is 0 Å². The molecule has 150 valence electrons. The van der Waals surface area contributed by atoms with Gasteiger partial charge in [-0.2, -0.15) is 4.31 Å². The van der Waals surface area contributed by atoms with Gasteiger partial charge in [0.1, 0.15) is 5.52 Å². The minimum atomic E-state index is -3.80. The van der Waals surface area contributed by atoms with Crippen molar-refractivity contribution in [3.63, 3.8) is 0 Å². The Labute approximate surface area is 166 Å². The molecule has 1 saturated heterocycles.